The number of rotatable bonds is 7. The number of hydrogen-bond acceptors (Lipinski definition) is 7. The van der Waals surface area contributed by atoms with Crippen molar-refractivity contribution < 1.29 is 4.79 Å². The third kappa shape index (κ3) is 5.10. The van der Waals surface area contributed by atoms with Gasteiger partial charge >= 0.3 is 0 Å². The molecule has 1 aliphatic heterocycles. The Morgan fingerprint density at radius 3 is 2.70 bits per heavy atom. The molecular weight excluding hydrogens is 492 g/mol. The van der Waals surface area contributed by atoms with Gasteiger partial charge in [-0.25, -0.2) is 9.67 Å². The summed E-state index contributed by atoms with van der Waals surface area (Å²) in [6.07, 6.45) is 4.27. The van der Waals surface area contributed by atoms with Gasteiger partial charge in [0.2, 0.25) is 5.91 Å². The highest BCUT2D eigenvalue weighted by Gasteiger charge is 2.31. The van der Waals surface area contributed by atoms with E-state index in [9.17, 15) is 9.59 Å². The van der Waals surface area contributed by atoms with E-state index < -0.39 is 12.1 Å². The highest BCUT2D eigenvalue weighted by Crippen LogP contribution is 2.28. The Bertz CT molecular complexity index is 1500. The Morgan fingerprint density at radius 2 is 1.97 bits per heavy atom. The number of aryl methyl sites for hydroxylation is 3. The summed E-state index contributed by atoms with van der Waals surface area (Å²) in [7, 11) is 0. The number of anilines is 1. The molecule has 2 N–H and O–H groups in total. The Morgan fingerprint density at radius 1 is 1.19 bits per heavy atom. The number of hydrogen-bond donors (Lipinski definition) is 2. The topological polar surface area (TPSA) is 120 Å². The molecule has 0 spiro atoms. The third-order valence-electron chi connectivity index (χ3n) is 6.51. The van der Waals surface area contributed by atoms with Gasteiger partial charge in [-0.1, -0.05) is 40.9 Å². The monoisotopic (exact) mass is 518 g/mol. The fraction of sp³-hybridized carbons (Fsp3) is 0.308. The van der Waals surface area contributed by atoms with Crippen molar-refractivity contribution in [2.24, 2.45) is 0 Å². The van der Waals surface area contributed by atoms with Crippen molar-refractivity contribution in [3.05, 3.63) is 92.2 Å². The maximum absolute atomic E-state index is 13.4. The summed E-state index contributed by atoms with van der Waals surface area (Å²) in [5.74, 6) is -0.0195. The number of tetrazole rings is 1. The summed E-state index contributed by atoms with van der Waals surface area (Å²) in [4.78, 5) is 31.1. The van der Waals surface area contributed by atoms with Crippen LogP contribution >= 0.6 is 11.6 Å². The summed E-state index contributed by atoms with van der Waals surface area (Å²) in [5.41, 5.74) is 5.27. The van der Waals surface area contributed by atoms with Crippen LogP contribution in [0, 0.1) is 13.8 Å². The molecule has 1 amide bonds. The Kier molecular flexibility index (Phi) is 6.75. The van der Waals surface area contributed by atoms with Gasteiger partial charge in [0.15, 0.2) is 5.82 Å². The summed E-state index contributed by atoms with van der Waals surface area (Å²) in [5, 5.41) is 18.1. The van der Waals surface area contributed by atoms with Crippen molar-refractivity contribution in [2.45, 2.75) is 52.2 Å². The normalized spacial score (nSPS) is 15.3. The molecule has 2 atom stereocenters. The van der Waals surface area contributed by atoms with Crippen LogP contribution in [0.25, 0.3) is 5.69 Å². The second-order valence-corrected chi connectivity index (χ2v) is 9.80. The second kappa shape index (κ2) is 10.1. The average molecular weight is 519 g/mol. The first-order valence-corrected chi connectivity index (χ1v) is 12.4. The van der Waals surface area contributed by atoms with Gasteiger partial charge in [0.25, 0.3) is 5.56 Å². The Labute approximate surface area is 218 Å². The van der Waals surface area contributed by atoms with Gasteiger partial charge in [0.05, 0.1) is 11.7 Å². The number of aromatic nitrogens is 6. The SMILES string of the molecule is Cc1cc(C)cc(CNc2ncc3n(c2=O)[C@H](C(=O)N[C@H](C)c2cc(Cl)ccc2-n2cnnn2)CC3)c1. The van der Waals surface area contributed by atoms with Crippen LogP contribution in [0.3, 0.4) is 0 Å². The van der Waals surface area contributed by atoms with Crippen LogP contribution in [0.15, 0.2) is 53.7 Å². The van der Waals surface area contributed by atoms with Gasteiger partial charge in [-0.05, 0) is 67.8 Å². The van der Waals surface area contributed by atoms with E-state index in [1.807, 2.05) is 20.8 Å². The van der Waals surface area contributed by atoms with E-state index in [4.69, 9.17) is 11.6 Å². The van der Waals surface area contributed by atoms with E-state index in [0.717, 1.165) is 27.9 Å². The average Bonchev–Trinajstić information content (AvgIpc) is 3.54. The predicted octanol–water partition coefficient (Wildman–Crippen LogP) is 3.47. The molecule has 190 valence electrons. The molecule has 0 radical (unpaired) electrons. The van der Waals surface area contributed by atoms with Gasteiger partial charge in [0, 0.05) is 29.0 Å². The molecule has 0 bridgehead atoms. The molecular formula is C26H27ClN8O2. The van der Waals surface area contributed by atoms with E-state index in [1.54, 1.807) is 29.0 Å². The molecule has 3 heterocycles. The smallest absolute Gasteiger partial charge is 0.294 e. The first-order chi connectivity index (χ1) is 17.8. The number of nitrogens with one attached hydrogen (secondary N) is 2. The molecule has 0 saturated carbocycles. The summed E-state index contributed by atoms with van der Waals surface area (Å²) in [6.45, 7) is 6.41. The molecule has 5 rings (SSSR count). The maximum atomic E-state index is 13.4. The van der Waals surface area contributed by atoms with E-state index >= 15 is 0 Å². The molecule has 1 aliphatic rings. The third-order valence-corrected chi connectivity index (χ3v) is 6.75. The molecule has 0 unspecified atom stereocenters. The van der Waals surface area contributed by atoms with Crippen LogP contribution in [0.1, 0.15) is 53.4 Å². The van der Waals surface area contributed by atoms with Gasteiger partial charge < -0.3 is 10.6 Å². The molecule has 10 nitrogen and oxygen atoms in total. The largest absolute Gasteiger partial charge is 0.361 e. The van der Waals surface area contributed by atoms with Crippen molar-refractivity contribution in [3.8, 4) is 5.69 Å². The van der Waals surface area contributed by atoms with Crippen molar-refractivity contribution in [3.63, 3.8) is 0 Å². The Hall–Kier alpha value is -4.05. The quantitative estimate of drug-likeness (QED) is 0.384. The van der Waals surface area contributed by atoms with E-state index in [-0.39, 0.29) is 17.3 Å². The minimum Gasteiger partial charge on any atom is -0.361 e. The number of fused-ring (bicyclic) bond motifs is 1. The van der Waals surface area contributed by atoms with Crippen LogP contribution in [0.2, 0.25) is 5.02 Å². The van der Waals surface area contributed by atoms with Crippen LogP contribution < -0.4 is 16.2 Å². The predicted molar refractivity (Wildman–Crippen MR) is 140 cm³/mol. The van der Waals surface area contributed by atoms with E-state index in [0.29, 0.717) is 30.1 Å². The summed E-state index contributed by atoms with van der Waals surface area (Å²) in [6, 6.07) is 10.5. The maximum Gasteiger partial charge on any atom is 0.294 e. The fourth-order valence-electron chi connectivity index (χ4n) is 4.91. The first-order valence-electron chi connectivity index (χ1n) is 12.0. The number of carbonyl (C=O) groups is 1. The lowest BCUT2D eigenvalue weighted by atomic mass is 10.1. The minimum atomic E-state index is -0.634. The molecule has 11 heteroatoms. The minimum absolute atomic E-state index is 0.228. The van der Waals surface area contributed by atoms with Crippen LogP contribution in [0.4, 0.5) is 5.82 Å². The lowest BCUT2D eigenvalue weighted by Crippen LogP contribution is -2.38. The lowest BCUT2D eigenvalue weighted by molar-refractivity contribution is -0.124. The zero-order valence-electron chi connectivity index (χ0n) is 20.8. The standard InChI is InChI=1S/C26H27ClN8O2/c1-15-8-16(2)10-18(9-15)12-28-24-26(37)35-20(13-29-24)5-7-23(35)25(36)31-17(3)21-11-19(27)4-6-22(21)34-14-30-32-33-34/h4,6,8-11,13-14,17,23H,5,7,12H2,1-3H3,(H,28,29)(H,31,36)/t17-,23+/m1/s1. The Balaban J connectivity index is 1.36. The molecule has 4 aromatic rings. The second-order valence-electron chi connectivity index (χ2n) is 9.37. The molecule has 0 aliphatic carbocycles. The van der Waals surface area contributed by atoms with Gasteiger partial charge in [-0.3, -0.25) is 14.2 Å². The molecule has 2 aromatic carbocycles. The number of amides is 1. The number of carbonyl (C=O) groups excluding carboxylic acids is 1. The lowest BCUT2D eigenvalue weighted by Gasteiger charge is -2.21. The van der Waals surface area contributed by atoms with Crippen molar-refractivity contribution >= 4 is 23.3 Å². The van der Waals surface area contributed by atoms with Crippen LogP contribution in [0.5, 0.6) is 0 Å². The molecule has 37 heavy (non-hydrogen) atoms. The van der Waals surface area contributed by atoms with Crippen LogP contribution in [-0.2, 0) is 17.8 Å². The van der Waals surface area contributed by atoms with E-state index in [2.05, 4.69) is 49.3 Å². The summed E-state index contributed by atoms with van der Waals surface area (Å²) >= 11 is 6.25. The zero-order chi connectivity index (χ0) is 26.1. The van der Waals surface area contributed by atoms with Crippen molar-refractivity contribution in [1.29, 1.82) is 0 Å². The first kappa shape index (κ1) is 24.6. The summed E-state index contributed by atoms with van der Waals surface area (Å²) < 4.78 is 3.07. The number of halogens is 1. The van der Waals surface area contributed by atoms with Gasteiger partial charge in [0.1, 0.15) is 12.4 Å². The van der Waals surface area contributed by atoms with Crippen molar-refractivity contribution in [2.75, 3.05) is 5.32 Å². The zero-order valence-corrected chi connectivity index (χ0v) is 21.5. The fourth-order valence-corrected chi connectivity index (χ4v) is 5.09. The highest BCUT2D eigenvalue weighted by atomic mass is 35.5. The highest BCUT2D eigenvalue weighted by molar-refractivity contribution is 6.30. The molecule has 0 saturated heterocycles. The molecule has 2 aromatic heterocycles. The van der Waals surface area contributed by atoms with Gasteiger partial charge in [-0.15, -0.1) is 5.10 Å². The van der Waals surface area contributed by atoms with Crippen LogP contribution in [-0.4, -0.2) is 35.7 Å². The van der Waals surface area contributed by atoms with Gasteiger partial charge in [-0.2, -0.15) is 0 Å². The van der Waals surface area contributed by atoms with E-state index in [1.165, 1.54) is 11.0 Å². The number of benzene rings is 2. The van der Waals surface area contributed by atoms with Crippen molar-refractivity contribution in [1.82, 2.24) is 35.1 Å². The molecule has 0 fully saturated rings. The number of nitrogens with zero attached hydrogens (tertiary/aromatic N) is 6.